The molecule has 2 aromatic rings. The number of aromatic nitrogens is 1. The zero-order valence-corrected chi connectivity index (χ0v) is 11.0. The van der Waals surface area contributed by atoms with Crippen molar-refractivity contribution in [1.29, 1.82) is 0 Å². The van der Waals surface area contributed by atoms with Gasteiger partial charge in [-0.3, -0.25) is 9.78 Å². The molecular formula is C16H19NO. The first-order valence-corrected chi connectivity index (χ1v) is 6.51. The lowest BCUT2D eigenvalue weighted by molar-refractivity contribution is -0.119. The van der Waals surface area contributed by atoms with Crippen molar-refractivity contribution in [2.24, 2.45) is 5.92 Å². The number of ketones is 1. The summed E-state index contributed by atoms with van der Waals surface area (Å²) in [6, 6.07) is 10.1. The van der Waals surface area contributed by atoms with E-state index in [9.17, 15) is 4.79 Å². The van der Waals surface area contributed by atoms with Crippen LogP contribution < -0.4 is 0 Å². The molecule has 0 unspecified atom stereocenters. The lowest BCUT2D eigenvalue weighted by Gasteiger charge is -2.06. The van der Waals surface area contributed by atoms with Crippen LogP contribution in [0.25, 0.3) is 10.9 Å². The second-order valence-corrected chi connectivity index (χ2v) is 5.12. The van der Waals surface area contributed by atoms with Crippen LogP contribution in [0.5, 0.6) is 0 Å². The summed E-state index contributed by atoms with van der Waals surface area (Å²) >= 11 is 0. The van der Waals surface area contributed by atoms with Crippen molar-refractivity contribution in [3.05, 3.63) is 42.1 Å². The fourth-order valence-electron chi connectivity index (χ4n) is 2.20. The van der Waals surface area contributed by atoms with Crippen LogP contribution >= 0.6 is 0 Å². The Morgan fingerprint density at radius 2 is 2.00 bits per heavy atom. The van der Waals surface area contributed by atoms with Gasteiger partial charge in [0, 0.05) is 24.4 Å². The van der Waals surface area contributed by atoms with Crippen LogP contribution in [0.3, 0.4) is 0 Å². The fraction of sp³-hybridized carbons (Fsp3) is 0.375. The highest BCUT2D eigenvalue weighted by molar-refractivity contribution is 5.83. The van der Waals surface area contributed by atoms with Crippen LogP contribution in [0.2, 0.25) is 0 Å². The molecule has 1 aromatic carbocycles. The van der Waals surface area contributed by atoms with E-state index in [1.54, 1.807) is 0 Å². The normalized spacial score (nSPS) is 11.1. The highest BCUT2D eigenvalue weighted by Gasteiger charge is 2.07. The first-order chi connectivity index (χ1) is 8.66. The first kappa shape index (κ1) is 12.7. The number of benzene rings is 1. The molecule has 0 saturated heterocycles. The van der Waals surface area contributed by atoms with E-state index in [4.69, 9.17) is 0 Å². The number of rotatable bonds is 5. The quantitative estimate of drug-likeness (QED) is 0.797. The number of nitrogens with zero attached hydrogens (tertiary/aromatic N) is 1. The van der Waals surface area contributed by atoms with Gasteiger partial charge in [-0.1, -0.05) is 32.0 Å². The van der Waals surface area contributed by atoms with E-state index < -0.39 is 0 Å². The van der Waals surface area contributed by atoms with Gasteiger partial charge >= 0.3 is 0 Å². The summed E-state index contributed by atoms with van der Waals surface area (Å²) in [5.41, 5.74) is 2.23. The minimum atomic E-state index is 0.353. The molecule has 0 saturated carbocycles. The Bertz CT molecular complexity index is 540. The van der Waals surface area contributed by atoms with Crippen molar-refractivity contribution in [2.75, 3.05) is 0 Å². The fourth-order valence-corrected chi connectivity index (χ4v) is 2.20. The lowest BCUT2D eigenvalue weighted by atomic mass is 9.99. The second-order valence-electron chi connectivity index (χ2n) is 5.12. The summed E-state index contributed by atoms with van der Waals surface area (Å²) in [4.78, 5) is 16.1. The van der Waals surface area contributed by atoms with Crippen molar-refractivity contribution in [3.63, 3.8) is 0 Å². The molecule has 2 nitrogen and oxygen atoms in total. The van der Waals surface area contributed by atoms with E-state index in [-0.39, 0.29) is 0 Å². The maximum Gasteiger partial charge on any atom is 0.133 e. The van der Waals surface area contributed by atoms with Crippen molar-refractivity contribution in [3.8, 4) is 0 Å². The molecule has 18 heavy (non-hydrogen) atoms. The third-order valence-electron chi connectivity index (χ3n) is 3.05. The summed E-state index contributed by atoms with van der Waals surface area (Å²) in [5, 5.41) is 1.16. The zero-order valence-electron chi connectivity index (χ0n) is 11.0. The van der Waals surface area contributed by atoms with Gasteiger partial charge in [0.25, 0.3) is 0 Å². The largest absolute Gasteiger partial charge is 0.300 e. The molecule has 0 atom stereocenters. The van der Waals surface area contributed by atoms with E-state index in [1.807, 2.05) is 30.5 Å². The molecule has 94 valence electrons. The highest BCUT2D eigenvalue weighted by Crippen LogP contribution is 2.18. The third kappa shape index (κ3) is 3.16. The molecule has 2 rings (SSSR count). The average Bonchev–Trinajstić information content (AvgIpc) is 2.35. The maximum atomic E-state index is 11.7. The monoisotopic (exact) mass is 241 g/mol. The predicted molar refractivity (Wildman–Crippen MR) is 74.5 cm³/mol. The number of pyridine rings is 1. The molecule has 0 aliphatic heterocycles. The third-order valence-corrected chi connectivity index (χ3v) is 3.05. The molecule has 1 heterocycles. The number of fused-ring (bicyclic) bond motifs is 1. The number of hydrogen-bond donors (Lipinski definition) is 0. The molecule has 1 aromatic heterocycles. The number of aryl methyl sites for hydroxylation is 1. The topological polar surface area (TPSA) is 30.0 Å². The van der Waals surface area contributed by atoms with Crippen LogP contribution in [-0.4, -0.2) is 10.8 Å². The minimum Gasteiger partial charge on any atom is -0.300 e. The SMILES string of the molecule is CC(C)CC(=O)CCc1ccnc2ccccc12. The molecule has 0 spiro atoms. The molecule has 0 bridgehead atoms. The highest BCUT2D eigenvalue weighted by atomic mass is 16.1. The Kier molecular flexibility index (Phi) is 4.08. The number of carbonyl (C=O) groups is 1. The van der Waals surface area contributed by atoms with E-state index in [1.165, 1.54) is 5.56 Å². The van der Waals surface area contributed by atoms with Crippen molar-refractivity contribution < 1.29 is 4.79 Å². The molecule has 0 aliphatic carbocycles. The predicted octanol–water partition coefficient (Wildman–Crippen LogP) is 3.78. The van der Waals surface area contributed by atoms with Crippen LogP contribution in [0.1, 0.15) is 32.3 Å². The number of hydrogen-bond acceptors (Lipinski definition) is 2. The van der Waals surface area contributed by atoms with Crippen molar-refractivity contribution in [2.45, 2.75) is 33.1 Å². The summed E-state index contributed by atoms with van der Waals surface area (Å²) < 4.78 is 0. The summed E-state index contributed by atoms with van der Waals surface area (Å²) in [7, 11) is 0. The van der Waals surface area contributed by atoms with Crippen LogP contribution in [0.4, 0.5) is 0 Å². The summed E-state index contributed by atoms with van der Waals surface area (Å²) in [6.07, 6.45) is 3.95. The second kappa shape index (κ2) is 5.76. The van der Waals surface area contributed by atoms with E-state index in [0.29, 0.717) is 24.5 Å². The Hall–Kier alpha value is -1.70. The maximum absolute atomic E-state index is 11.7. The van der Waals surface area contributed by atoms with Gasteiger partial charge in [-0.15, -0.1) is 0 Å². The van der Waals surface area contributed by atoms with Crippen molar-refractivity contribution in [1.82, 2.24) is 4.98 Å². The summed E-state index contributed by atoms with van der Waals surface area (Å²) in [5.74, 6) is 0.803. The zero-order chi connectivity index (χ0) is 13.0. The average molecular weight is 241 g/mol. The number of carbonyl (C=O) groups excluding carboxylic acids is 1. The van der Waals surface area contributed by atoms with Crippen molar-refractivity contribution >= 4 is 16.7 Å². The van der Waals surface area contributed by atoms with Gasteiger partial charge in [0.1, 0.15) is 5.78 Å². The van der Waals surface area contributed by atoms with E-state index >= 15 is 0 Å². The van der Waals surface area contributed by atoms with Gasteiger partial charge in [-0.2, -0.15) is 0 Å². The number of Topliss-reactive ketones (excluding diaryl/α,β-unsaturated/α-hetero) is 1. The van der Waals surface area contributed by atoms with Crippen LogP contribution in [0.15, 0.2) is 36.5 Å². The molecular weight excluding hydrogens is 222 g/mol. The lowest BCUT2D eigenvalue weighted by Crippen LogP contribution is -2.04. The van der Waals surface area contributed by atoms with Gasteiger partial charge in [0.2, 0.25) is 0 Å². The summed E-state index contributed by atoms with van der Waals surface area (Å²) in [6.45, 7) is 4.17. The standard InChI is InChI=1S/C16H19NO/c1-12(2)11-14(18)8-7-13-9-10-17-16-6-4-3-5-15(13)16/h3-6,9-10,12H,7-8,11H2,1-2H3. The minimum absolute atomic E-state index is 0.353. The van der Waals surface area contributed by atoms with Gasteiger partial charge < -0.3 is 0 Å². The molecule has 0 fully saturated rings. The molecule has 0 aliphatic rings. The molecule has 0 amide bonds. The molecule has 0 N–H and O–H groups in total. The van der Waals surface area contributed by atoms with E-state index in [2.05, 4.69) is 24.9 Å². The van der Waals surface area contributed by atoms with Gasteiger partial charge in [-0.05, 0) is 30.0 Å². The Morgan fingerprint density at radius 1 is 1.22 bits per heavy atom. The first-order valence-electron chi connectivity index (χ1n) is 6.51. The van der Waals surface area contributed by atoms with Gasteiger partial charge in [0.15, 0.2) is 0 Å². The molecule has 0 radical (unpaired) electrons. The van der Waals surface area contributed by atoms with Gasteiger partial charge in [0.05, 0.1) is 5.52 Å². The Labute approximate surface area is 108 Å². The molecule has 2 heteroatoms. The van der Waals surface area contributed by atoms with Crippen LogP contribution in [0, 0.1) is 5.92 Å². The van der Waals surface area contributed by atoms with Crippen LogP contribution in [-0.2, 0) is 11.2 Å². The number of para-hydroxylation sites is 1. The Balaban J connectivity index is 2.10. The van der Waals surface area contributed by atoms with E-state index in [0.717, 1.165) is 17.3 Å². The van der Waals surface area contributed by atoms with Gasteiger partial charge in [-0.25, -0.2) is 0 Å². The Morgan fingerprint density at radius 3 is 2.78 bits per heavy atom. The smallest absolute Gasteiger partial charge is 0.133 e.